The maximum atomic E-state index is 11.9. The first-order chi connectivity index (χ1) is 7.59. The summed E-state index contributed by atoms with van der Waals surface area (Å²) in [7, 11) is 0. The fourth-order valence-electron chi connectivity index (χ4n) is 1.77. The van der Waals surface area contributed by atoms with E-state index in [1.165, 1.54) is 6.42 Å². The average Bonchev–Trinajstić information content (AvgIpc) is 2.27. The standard InChI is InChI=1S/C10H18F2N2O2/c11-9(12)8(15)6-13-10(16)14-7-4-2-1-3-5-7/h7-9,15H,1-6H2,(H2,13,14,16). The van der Waals surface area contributed by atoms with E-state index in [4.69, 9.17) is 5.11 Å². The number of carbonyl (C=O) groups is 1. The van der Waals surface area contributed by atoms with Gasteiger partial charge in [0, 0.05) is 6.04 Å². The van der Waals surface area contributed by atoms with Crippen LogP contribution in [-0.4, -0.2) is 36.3 Å². The molecule has 16 heavy (non-hydrogen) atoms. The Morgan fingerprint density at radius 1 is 1.31 bits per heavy atom. The molecule has 1 saturated carbocycles. The van der Waals surface area contributed by atoms with Crippen molar-refractivity contribution in [1.29, 1.82) is 0 Å². The summed E-state index contributed by atoms with van der Waals surface area (Å²) >= 11 is 0. The van der Waals surface area contributed by atoms with Gasteiger partial charge in [-0.2, -0.15) is 0 Å². The molecule has 6 heteroatoms. The molecule has 0 aromatic rings. The lowest BCUT2D eigenvalue weighted by molar-refractivity contribution is -0.00180. The predicted molar refractivity (Wildman–Crippen MR) is 55.4 cm³/mol. The number of nitrogens with one attached hydrogen (secondary N) is 2. The number of hydrogen-bond acceptors (Lipinski definition) is 2. The van der Waals surface area contributed by atoms with Crippen molar-refractivity contribution >= 4 is 6.03 Å². The summed E-state index contributed by atoms with van der Waals surface area (Å²) in [5.41, 5.74) is 0. The Hall–Kier alpha value is -0.910. The van der Waals surface area contributed by atoms with Crippen LogP contribution in [0.1, 0.15) is 32.1 Å². The molecule has 0 spiro atoms. The zero-order valence-electron chi connectivity index (χ0n) is 9.09. The lowest BCUT2D eigenvalue weighted by Gasteiger charge is -2.23. The smallest absolute Gasteiger partial charge is 0.315 e. The zero-order valence-corrected chi connectivity index (χ0v) is 9.09. The SMILES string of the molecule is O=C(NCC(O)C(F)F)NC1CCCCC1. The van der Waals surface area contributed by atoms with Gasteiger partial charge in [-0.05, 0) is 12.8 Å². The van der Waals surface area contributed by atoms with Crippen LogP contribution in [-0.2, 0) is 0 Å². The van der Waals surface area contributed by atoms with Crippen LogP contribution >= 0.6 is 0 Å². The first kappa shape index (κ1) is 13.2. The van der Waals surface area contributed by atoms with Crippen molar-refractivity contribution in [2.24, 2.45) is 0 Å². The summed E-state index contributed by atoms with van der Waals surface area (Å²) in [5.74, 6) is 0. The molecular formula is C10H18F2N2O2. The Labute approximate surface area is 93.4 Å². The molecule has 1 aliphatic carbocycles. The fourth-order valence-corrected chi connectivity index (χ4v) is 1.77. The Morgan fingerprint density at radius 2 is 1.94 bits per heavy atom. The highest BCUT2D eigenvalue weighted by atomic mass is 19.3. The van der Waals surface area contributed by atoms with E-state index in [1.54, 1.807) is 0 Å². The van der Waals surface area contributed by atoms with Crippen molar-refractivity contribution in [3.63, 3.8) is 0 Å². The van der Waals surface area contributed by atoms with Gasteiger partial charge in [0.15, 0.2) is 0 Å². The van der Waals surface area contributed by atoms with Gasteiger partial charge in [-0.1, -0.05) is 19.3 Å². The summed E-state index contributed by atoms with van der Waals surface area (Å²) in [6.45, 7) is -0.420. The molecular weight excluding hydrogens is 218 g/mol. The second-order valence-electron chi connectivity index (χ2n) is 4.09. The molecule has 94 valence electrons. The van der Waals surface area contributed by atoms with Gasteiger partial charge >= 0.3 is 6.03 Å². The molecule has 3 N–H and O–H groups in total. The molecule has 1 rings (SSSR count). The number of alkyl halides is 2. The minimum atomic E-state index is -2.82. The van der Waals surface area contributed by atoms with Crippen molar-refractivity contribution in [2.45, 2.75) is 50.7 Å². The topological polar surface area (TPSA) is 61.4 Å². The number of urea groups is 1. The Bertz CT molecular complexity index is 221. The van der Waals surface area contributed by atoms with Crippen LogP contribution in [0.3, 0.4) is 0 Å². The van der Waals surface area contributed by atoms with Crippen molar-refractivity contribution in [3.05, 3.63) is 0 Å². The maximum Gasteiger partial charge on any atom is 0.315 e. The lowest BCUT2D eigenvalue weighted by Crippen LogP contribution is -2.46. The number of amides is 2. The fraction of sp³-hybridized carbons (Fsp3) is 0.900. The van der Waals surface area contributed by atoms with Gasteiger partial charge in [0.2, 0.25) is 0 Å². The third kappa shape index (κ3) is 4.74. The van der Waals surface area contributed by atoms with Crippen molar-refractivity contribution in [3.8, 4) is 0 Å². The highest BCUT2D eigenvalue weighted by Gasteiger charge is 2.19. The molecule has 4 nitrogen and oxygen atoms in total. The highest BCUT2D eigenvalue weighted by molar-refractivity contribution is 5.74. The van der Waals surface area contributed by atoms with Gasteiger partial charge in [0.1, 0.15) is 6.10 Å². The number of halogens is 2. The van der Waals surface area contributed by atoms with Crippen molar-refractivity contribution in [2.75, 3.05) is 6.54 Å². The van der Waals surface area contributed by atoms with E-state index in [0.717, 1.165) is 25.7 Å². The maximum absolute atomic E-state index is 11.9. The molecule has 0 aliphatic heterocycles. The number of aliphatic hydroxyl groups is 1. The predicted octanol–water partition coefficient (Wildman–Crippen LogP) is 1.24. The minimum Gasteiger partial charge on any atom is -0.385 e. The molecule has 1 aliphatic rings. The van der Waals surface area contributed by atoms with E-state index >= 15 is 0 Å². The van der Waals surface area contributed by atoms with E-state index in [1.807, 2.05) is 0 Å². The van der Waals surface area contributed by atoms with Crippen LogP contribution in [0.25, 0.3) is 0 Å². The Balaban J connectivity index is 2.14. The lowest BCUT2D eigenvalue weighted by atomic mass is 9.96. The van der Waals surface area contributed by atoms with Crippen LogP contribution in [0.2, 0.25) is 0 Å². The van der Waals surface area contributed by atoms with Gasteiger partial charge in [-0.3, -0.25) is 0 Å². The van der Waals surface area contributed by atoms with E-state index in [-0.39, 0.29) is 6.04 Å². The van der Waals surface area contributed by atoms with Crippen LogP contribution < -0.4 is 10.6 Å². The third-order valence-corrected chi connectivity index (χ3v) is 2.70. The summed E-state index contributed by atoms with van der Waals surface area (Å²) in [5, 5.41) is 13.7. The summed E-state index contributed by atoms with van der Waals surface area (Å²) in [4.78, 5) is 11.3. The van der Waals surface area contributed by atoms with E-state index in [9.17, 15) is 13.6 Å². The highest BCUT2D eigenvalue weighted by Crippen LogP contribution is 2.17. The summed E-state index contributed by atoms with van der Waals surface area (Å²) in [6.07, 6.45) is 0.612. The summed E-state index contributed by atoms with van der Waals surface area (Å²) < 4.78 is 23.8. The minimum absolute atomic E-state index is 0.137. The number of carbonyl (C=O) groups excluding carboxylic acids is 1. The number of hydrogen-bond donors (Lipinski definition) is 3. The van der Waals surface area contributed by atoms with Gasteiger partial charge < -0.3 is 15.7 Å². The molecule has 0 aromatic carbocycles. The average molecular weight is 236 g/mol. The summed E-state index contributed by atoms with van der Waals surface area (Å²) in [6, 6.07) is -0.343. The molecule has 1 unspecified atom stereocenters. The van der Waals surface area contributed by atoms with Gasteiger partial charge in [-0.15, -0.1) is 0 Å². The van der Waals surface area contributed by atoms with Crippen molar-refractivity contribution < 1.29 is 18.7 Å². The first-order valence-electron chi connectivity index (χ1n) is 5.60. The largest absolute Gasteiger partial charge is 0.385 e. The second-order valence-corrected chi connectivity index (χ2v) is 4.09. The van der Waals surface area contributed by atoms with Gasteiger partial charge in [-0.25, -0.2) is 13.6 Å². The molecule has 0 aromatic heterocycles. The normalized spacial score (nSPS) is 19.5. The Kier molecular flexibility index (Phi) is 5.45. The third-order valence-electron chi connectivity index (χ3n) is 2.70. The Morgan fingerprint density at radius 3 is 2.50 bits per heavy atom. The quantitative estimate of drug-likeness (QED) is 0.687. The van der Waals surface area contributed by atoms with Crippen LogP contribution in [0.15, 0.2) is 0 Å². The molecule has 0 radical (unpaired) electrons. The van der Waals surface area contributed by atoms with E-state index < -0.39 is 25.1 Å². The van der Waals surface area contributed by atoms with E-state index in [2.05, 4.69) is 10.6 Å². The molecule has 1 atom stereocenters. The molecule has 2 amide bonds. The molecule has 0 saturated heterocycles. The van der Waals surface area contributed by atoms with Gasteiger partial charge in [0.05, 0.1) is 6.54 Å². The van der Waals surface area contributed by atoms with Crippen LogP contribution in [0, 0.1) is 0 Å². The molecule has 0 bridgehead atoms. The van der Waals surface area contributed by atoms with Crippen molar-refractivity contribution in [1.82, 2.24) is 10.6 Å². The van der Waals surface area contributed by atoms with Crippen LogP contribution in [0.4, 0.5) is 13.6 Å². The molecule has 1 fully saturated rings. The second kappa shape index (κ2) is 6.62. The van der Waals surface area contributed by atoms with Gasteiger partial charge in [0.25, 0.3) is 6.43 Å². The zero-order chi connectivity index (χ0) is 12.0. The first-order valence-corrected chi connectivity index (χ1v) is 5.60. The number of rotatable bonds is 4. The monoisotopic (exact) mass is 236 g/mol. The van der Waals surface area contributed by atoms with E-state index in [0.29, 0.717) is 0 Å². The molecule has 0 heterocycles. The van der Waals surface area contributed by atoms with Crippen LogP contribution in [0.5, 0.6) is 0 Å². The number of aliphatic hydroxyl groups excluding tert-OH is 1.